The lowest BCUT2D eigenvalue weighted by Crippen LogP contribution is -2.80. The molecule has 1 amide bonds. The Kier molecular flexibility index (Phi) is 4.98. The first-order chi connectivity index (χ1) is 13.0. The van der Waals surface area contributed by atoms with E-state index in [-0.39, 0.29) is 35.6 Å². The minimum absolute atomic E-state index is 0.0315. The zero-order valence-electron chi connectivity index (χ0n) is 15.6. The predicted molar refractivity (Wildman–Crippen MR) is 97.5 cm³/mol. The highest BCUT2D eigenvalue weighted by atomic mass is 16.5. The molecule has 8 heteroatoms. The zero-order valence-corrected chi connectivity index (χ0v) is 15.6. The van der Waals surface area contributed by atoms with Gasteiger partial charge in [-0.1, -0.05) is 6.07 Å². The van der Waals surface area contributed by atoms with E-state index in [4.69, 9.17) is 9.47 Å². The lowest BCUT2D eigenvalue weighted by molar-refractivity contribution is -0.177. The molecular weight excluding hydrogens is 350 g/mol. The van der Waals surface area contributed by atoms with Gasteiger partial charge in [-0.25, -0.2) is 0 Å². The number of benzene rings is 1. The summed E-state index contributed by atoms with van der Waals surface area (Å²) in [5, 5.41) is 19.2. The quantitative estimate of drug-likeness (QED) is 0.706. The van der Waals surface area contributed by atoms with Crippen molar-refractivity contribution in [1.29, 1.82) is 0 Å². The van der Waals surface area contributed by atoms with Gasteiger partial charge in [0.25, 0.3) is 0 Å². The van der Waals surface area contributed by atoms with Gasteiger partial charge in [0.05, 0.1) is 24.8 Å². The smallest absolute Gasteiger partial charge is 0.248 e. The van der Waals surface area contributed by atoms with E-state index in [1.165, 1.54) is 6.07 Å². The summed E-state index contributed by atoms with van der Waals surface area (Å²) in [6.07, 6.45) is 0. The van der Waals surface area contributed by atoms with Crippen LogP contribution in [0.25, 0.3) is 0 Å². The van der Waals surface area contributed by atoms with Crippen molar-refractivity contribution in [3.8, 4) is 11.5 Å². The van der Waals surface area contributed by atoms with Crippen LogP contribution in [0.4, 0.5) is 0 Å². The predicted octanol–water partition coefficient (Wildman–Crippen LogP) is -0.158. The molecule has 2 N–H and O–H groups in total. The lowest BCUT2D eigenvalue weighted by atomic mass is 9.82. The van der Waals surface area contributed by atoms with Crippen LogP contribution in [0.2, 0.25) is 0 Å². The fraction of sp³-hybridized carbons (Fsp3) is 0.632. The first-order valence-corrected chi connectivity index (χ1v) is 9.35. The van der Waals surface area contributed by atoms with Crippen molar-refractivity contribution in [2.45, 2.75) is 18.1 Å². The van der Waals surface area contributed by atoms with Crippen LogP contribution in [0.1, 0.15) is 5.56 Å². The van der Waals surface area contributed by atoms with Crippen molar-refractivity contribution in [2.24, 2.45) is 0 Å². The number of phenolic OH excluding ortho intramolecular Hbond substituents is 2. The Balaban J connectivity index is 1.45. The molecule has 3 saturated heterocycles. The van der Waals surface area contributed by atoms with E-state index < -0.39 is 0 Å². The molecule has 0 aromatic heterocycles. The number of rotatable bonds is 4. The normalized spacial score (nSPS) is 25.2. The molecule has 0 aliphatic carbocycles. The summed E-state index contributed by atoms with van der Waals surface area (Å²) in [6.45, 7) is 6.23. The van der Waals surface area contributed by atoms with Crippen molar-refractivity contribution >= 4 is 5.91 Å². The van der Waals surface area contributed by atoms with Crippen molar-refractivity contribution in [3.63, 3.8) is 0 Å². The largest absolute Gasteiger partial charge is 0.504 e. The maximum absolute atomic E-state index is 12.4. The van der Waals surface area contributed by atoms with Gasteiger partial charge >= 0.3 is 0 Å². The number of likely N-dealkylation sites (tertiary alicyclic amines) is 1. The summed E-state index contributed by atoms with van der Waals surface area (Å²) in [6, 6.07) is 5.18. The number of hydrogen-bond donors (Lipinski definition) is 2. The van der Waals surface area contributed by atoms with E-state index in [1.54, 1.807) is 13.2 Å². The highest BCUT2D eigenvalue weighted by molar-refractivity contribution is 5.77. The summed E-state index contributed by atoms with van der Waals surface area (Å²) in [5.41, 5.74) is 0.913. The van der Waals surface area contributed by atoms with E-state index in [0.29, 0.717) is 26.2 Å². The fourth-order valence-electron chi connectivity index (χ4n) is 4.71. The zero-order chi connectivity index (χ0) is 19.0. The maximum Gasteiger partial charge on any atom is 0.248 e. The molecule has 27 heavy (non-hydrogen) atoms. The first-order valence-electron chi connectivity index (χ1n) is 9.35. The summed E-state index contributed by atoms with van der Waals surface area (Å²) < 4.78 is 10.7. The number of ether oxygens (including phenoxy) is 2. The van der Waals surface area contributed by atoms with Crippen LogP contribution in [-0.2, 0) is 20.8 Å². The van der Waals surface area contributed by atoms with Crippen LogP contribution >= 0.6 is 0 Å². The number of fused-ring (bicyclic) bond motifs is 2. The number of carbonyl (C=O) groups excluding carboxylic acids is 1. The number of aromatic hydroxyl groups is 2. The lowest BCUT2D eigenvalue weighted by Gasteiger charge is -2.63. The molecule has 8 nitrogen and oxygen atoms in total. The van der Waals surface area contributed by atoms with Gasteiger partial charge in [0, 0.05) is 46.4 Å². The highest BCUT2D eigenvalue weighted by Crippen LogP contribution is 2.37. The number of nitrogens with zero attached hydrogens (tertiary/aromatic N) is 3. The molecule has 4 rings (SSSR count). The summed E-state index contributed by atoms with van der Waals surface area (Å²) in [7, 11) is 1.55. The number of amides is 1. The van der Waals surface area contributed by atoms with Crippen LogP contribution in [0.3, 0.4) is 0 Å². The SMILES string of the molecule is COCC(=O)N1C[C@@H]2COCCN2C2(CN(Cc3ccc(O)c(O)c3)C2)C1. The third-order valence-electron chi connectivity index (χ3n) is 5.86. The topological polar surface area (TPSA) is 85.7 Å². The Morgan fingerprint density at radius 2 is 2.11 bits per heavy atom. The minimum Gasteiger partial charge on any atom is -0.504 e. The van der Waals surface area contributed by atoms with Gasteiger partial charge in [-0.3, -0.25) is 14.6 Å². The Morgan fingerprint density at radius 3 is 2.85 bits per heavy atom. The molecular formula is C19H27N3O5. The summed E-state index contributed by atoms with van der Waals surface area (Å²) in [4.78, 5) is 19.2. The molecule has 1 aromatic rings. The van der Waals surface area contributed by atoms with Gasteiger partial charge in [-0.15, -0.1) is 0 Å². The van der Waals surface area contributed by atoms with E-state index in [9.17, 15) is 15.0 Å². The molecule has 3 aliphatic heterocycles. The molecule has 1 spiro atoms. The van der Waals surface area contributed by atoms with E-state index in [2.05, 4.69) is 9.80 Å². The van der Waals surface area contributed by atoms with Crippen LogP contribution in [-0.4, -0.2) is 102 Å². The second kappa shape index (κ2) is 7.27. The average Bonchev–Trinajstić information content (AvgIpc) is 2.63. The van der Waals surface area contributed by atoms with Gasteiger partial charge in [0.2, 0.25) is 5.91 Å². The summed E-state index contributed by atoms with van der Waals surface area (Å²) >= 11 is 0. The van der Waals surface area contributed by atoms with Crippen LogP contribution in [0, 0.1) is 0 Å². The number of hydrogen-bond acceptors (Lipinski definition) is 7. The standard InChI is InChI=1S/C19H27N3O5/c1-26-10-18(25)21-8-15-9-27-5-4-22(15)19(13-21)11-20(12-19)7-14-2-3-16(23)17(24)6-14/h2-3,6,15,23-24H,4-5,7-13H2,1H3/t15-/m1/s1. The second-order valence-electron chi connectivity index (χ2n) is 7.82. The third-order valence-corrected chi connectivity index (χ3v) is 5.86. The van der Waals surface area contributed by atoms with E-state index in [1.807, 2.05) is 11.0 Å². The Morgan fingerprint density at radius 1 is 1.30 bits per heavy atom. The molecule has 3 aliphatic rings. The number of morpholine rings is 1. The first kappa shape index (κ1) is 18.5. The number of methoxy groups -OCH3 is 1. The molecule has 3 heterocycles. The van der Waals surface area contributed by atoms with Gasteiger partial charge < -0.3 is 24.6 Å². The fourth-order valence-corrected chi connectivity index (χ4v) is 4.71. The Labute approximate surface area is 158 Å². The van der Waals surface area contributed by atoms with Gasteiger partial charge in [-0.05, 0) is 17.7 Å². The number of piperazine rings is 1. The summed E-state index contributed by atoms with van der Waals surface area (Å²) in [5.74, 6) is -0.163. The minimum atomic E-state index is -0.102. The van der Waals surface area contributed by atoms with Crippen LogP contribution in [0.15, 0.2) is 18.2 Å². The monoisotopic (exact) mass is 377 g/mol. The molecule has 0 radical (unpaired) electrons. The van der Waals surface area contributed by atoms with Gasteiger partial charge in [0.15, 0.2) is 11.5 Å². The van der Waals surface area contributed by atoms with E-state index in [0.717, 1.165) is 31.8 Å². The molecule has 1 aromatic carbocycles. The van der Waals surface area contributed by atoms with E-state index >= 15 is 0 Å². The van der Waals surface area contributed by atoms with Crippen molar-refractivity contribution in [1.82, 2.24) is 14.7 Å². The van der Waals surface area contributed by atoms with Gasteiger partial charge in [0.1, 0.15) is 6.61 Å². The molecule has 0 saturated carbocycles. The second-order valence-corrected chi connectivity index (χ2v) is 7.82. The average molecular weight is 377 g/mol. The Hall–Kier alpha value is -1.87. The van der Waals surface area contributed by atoms with Crippen LogP contribution < -0.4 is 0 Å². The van der Waals surface area contributed by atoms with Crippen molar-refractivity contribution in [2.75, 3.05) is 59.7 Å². The highest BCUT2D eigenvalue weighted by Gasteiger charge is 2.54. The molecule has 1 atom stereocenters. The molecule has 0 unspecified atom stereocenters. The van der Waals surface area contributed by atoms with Gasteiger partial charge in [-0.2, -0.15) is 0 Å². The van der Waals surface area contributed by atoms with Crippen molar-refractivity contribution < 1.29 is 24.5 Å². The molecule has 0 bridgehead atoms. The third kappa shape index (κ3) is 3.50. The molecule has 148 valence electrons. The Bertz CT molecular complexity index is 707. The van der Waals surface area contributed by atoms with Crippen molar-refractivity contribution in [3.05, 3.63) is 23.8 Å². The number of phenols is 2. The maximum atomic E-state index is 12.4. The number of carbonyl (C=O) groups is 1. The molecule has 3 fully saturated rings. The van der Waals surface area contributed by atoms with Crippen LogP contribution in [0.5, 0.6) is 11.5 Å².